The number of furan rings is 1. The average Bonchev–Trinajstić information content (AvgIpc) is 3.18. The number of anilines is 1. The number of esters is 1. The molecule has 0 spiro atoms. The molecule has 2 aromatic carbocycles. The third-order valence-corrected chi connectivity index (χ3v) is 3.82. The van der Waals surface area contributed by atoms with Gasteiger partial charge in [-0.3, -0.25) is 4.79 Å². The zero-order valence-electron chi connectivity index (χ0n) is 14.9. The first kappa shape index (κ1) is 21.0. The molecule has 1 aromatic heterocycles. The molecule has 10 heteroatoms. The van der Waals surface area contributed by atoms with Gasteiger partial charge in [-0.1, -0.05) is 12.1 Å². The third-order valence-electron chi connectivity index (χ3n) is 3.82. The Kier molecular flexibility index (Phi) is 5.86. The van der Waals surface area contributed by atoms with E-state index >= 15 is 0 Å². The van der Waals surface area contributed by atoms with E-state index in [-0.39, 0.29) is 22.8 Å². The summed E-state index contributed by atoms with van der Waals surface area (Å²) in [4.78, 5) is 23.7. The van der Waals surface area contributed by atoms with E-state index in [0.717, 1.165) is 24.3 Å². The van der Waals surface area contributed by atoms with Crippen LogP contribution in [-0.4, -0.2) is 18.5 Å². The van der Waals surface area contributed by atoms with Gasteiger partial charge in [-0.2, -0.15) is 13.2 Å². The van der Waals surface area contributed by atoms with Crippen LogP contribution in [0.2, 0.25) is 0 Å². The maximum Gasteiger partial charge on any atom is 0.416 e. The van der Waals surface area contributed by atoms with E-state index in [4.69, 9.17) is 9.15 Å². The number of ether oxygens (including phenoxy) is 1. The van der Waals surface area contributed by atoms with Crippen molar-refractivity contribution in [3.8, 4) is 11.3 Å². The van der Waals surface area contributed by atoms with Crippen molar-refractivity contribution in [1.82, 2.24) is 0 Å². The summed E-state index contributed by atoms with van der Waals surface area (Å²) in [5, 5.41) is 2.10. The number of carbonyl (C=O) groups excluding carboxylic acids is 2. The topological polar surface area (TPSA) is 68.5 Å². The summed E-state index contributed by atoms with van der Waals surface area (Å²) >= 11 is 0. The minimum Gasteiger partial charge on any atom is -0.450 e. The largest absolute Gasteiger partial charge is 0.450 e. The molecule has 1 amide bonds. The first-order chi connectivity index (χ1) is 14.1. The Hall–Kier alpha value is -3.69. The van der Waals surface area contributed by atoms with Crippen LogP contribution in [-0.2, 0) is 15.7 Å². The number of hydrogen-bond acceptors (Lipinski definition) is 4. The van der Waals surface area contributed by atoms with Crippen molar-refractivity contribution in [3.63, 3.8) is 0 Å². The highest BCUT2D eigenvalue weighted by molar-refractivity contribution is 5.94. The van der Waals surface area contributed by atoms with Crippen molar-refractivity contribution in [2.45, 2.75) is 6.18 Å². The molecular weight excluding hydrogens is 413 g/mol. The average molecular weight is 425 g/mol. The van der Waals surface area contributed by atoms with E-state index in [9.17, 15) is 31.5 Å². The van der Waals surface area contributed by atoms with E-state index in [2.05, 4.69) is 5.32 Å². The second-order valence-corrected chi connectivity index (χ2v) is 5.99. The van der Waals surface area contributed by atoms with E-state index in [1.165, 1.54) is 24.3 Å². The van der Waals surface area contributed by atoms with Crippen LogP contribution in [0.4, 0.5) is 27.6 Å². The Morgan fingerprint density at radius 3 is 2.47 bits per heavy atom. The van der Waals surface area contributed by atoms with Crippen molar-refractivity contribution >= 4 is 17.6 Å². The standard InChI is InChI=1S/C20H12F5NO4/c21-13-4-5-15(14(22)9-13)26-18(27)10-29-19(28)17-7-6-16(30-17)11-2-1-3-12(8-11)20(23,24)25/h1-9H,10H2,(H,26,27). The van der Waals surface area contributed by atoms with E-state index in [1.807, 2.05) is 0 Å². The molecule has 1 heterocycles. The van der Waals surface area contributed by atoms with Gasteiger partial charge in [0.2, 0.25) is 5.76 Å². The molecule has 1 N–H and O–H groups in total. The van der Waals surface area contributed by atoms with Gasteiger partial charge in [-0.15, -0.1) is 0 Å². The SMILES string of the molecule is O=C(COC(=O)c1ccc(-c2cccc(C(F)(F)F)c2)o1)Nc1ccc(F)cc1F. The second kappa shape index (κ2) is 8.36. The van der Waals surface area contributed by atoms with Crippen LogP contribution in [0.5, 0.6) is 0 Å². The Labute approximate surface area is 166 Å². The van der Waals surface area contributed by atoms with E-state index in [1.54, 1.807) is 0 Å². The number of nitrogens with one attached hydrogen (secondary N) is 1. The van der Waals surface area contributed by atoms with Gasteiger partial charge in [0.15, 0.2) is 6.61 Å². The smallest absolute Gasteiger partial charge is 0.416 e. The van der Waals surface area contributed by atoms with Crippen LogP contribution in [0.15, 0.2) is 59.0 Å². The van der Waals surface area contributed by atoms with Crippen LogP contribution < -0.4 is 5.32 Å². The van der Waals surface area contributed by atoms with Gasteiger partial charge in [0.1, 0.15) is 17.4 Å². The molecule has 30 heavy (non-hydrogen) atoms. The van der Waals surface area contributed by atoms with Gasteiger partial charge in [0.25, 0.3) is 5.91 Å². The zero-order chi connectivity index (χ0) is 21.9. The summed E-state index contributed by atoms with van der Waals surface area (Å²) in [5.74, 6) is -4.13. The number of rotatable bonds is 5. The van der Waals surface area contributed by atoms with Crippen molar-refractivity contribution in [2.24, 2.45) is 0 Å². The third kappa shape index (κ3) is 5.02. The number of benzene rings is 2. The molecule has 156 valence electrons. The van der Waals surface area contributed by atoms with Gasteiger partial charge in [0.05, 0.1) is 11.3 Å². The summed E-state index contributed by atoms with van der Waals surface area (Å²) < 4.78 is 74.7. The molecule has 0 aliphatic rings. The van der Waals surface area contributed by atoms with Gasteiger partial charge in [0, 0.05) is 11.6 Å². The lowest BCUT2D eigenvalue weighted by molar-refractivity contribution is -0.137. The quantitative estimate of drug-likeness (QED) is 0.460. The minimum atomic E-state index is -4.54. The first-order valence-corrected chi connectivity index (χ1v) is 8.33. The van der Waals surface area contributed by atoms with Crippen LogP contribution in [0.25, 0.3) is 11.3 Å². The Morgan fingerprint density at radius 1 is 1.00 bits per heavy atom. The molecule has 0 bridgehead atoms. The Bertz CT molecular complexity index is 1090. The predicted molar refractivity (Wildman–Crippen MR) is 94.4 cm³/mol. The van der Waals surface area contributed by atoms with Crippen molar-refractivity contribution in [3.05, 3.63) is 77.6 Å². The molecule has 0 atom stereocenters. The highest BCUT2D eigenvalue weighted by Gasteiger charge is 2.30. The molecule has 0 aliphatic heterocycles. The number of amides is 1. The summed E-state index contributed by atoms with van der Waals surface area (Å²) in [7, 11) is 0. The molecule has 0 saturated heterocycles. The van der Waals surface area contributed by atoms with E-state index in [0.29, 0.717) is 6.07 Å². The lowest BCUT2D eigenvalue weighted by atomic mass is 10.1. The predicted octanol–water partition coefficient (Wildman–Crippen LogP) is 5.04. The van der Waals surface area contributed by atoms with Gasteiger partial charge in [-0.25, -0.2) is 13.6 Å². The Morgan fingerprint density at radius 2 is 1.77 bits per heavy atom. The number of carbonyl (C=O) groups is 2. The van der Waals surface area contributed by atoms with Gasteiger partial charge in [-0.05, 0) is 36.4 Å². The molecule has 0 unspecified atom stereocenters. The molecule has 0 radical (unpaired) electrons. The number of halogens is 5. The monoisotopic (exact) mass is 425 g/mol. The molecule has 0 saturated carbocycles. The molecule has 0 fully saturated rings. The van der Waals surface area contributed by atoms with Crippen molar-refractivity contribution in [1.29, 1.82) is 0 Å². The number of hydrogen-bond donors (Lipinski definition) is 1. The first-order valence-electron chi connectivity index (χ1n) is 8.33. The summed E-state index contributed by atoms with van der Waals surface area (Å²) in [6.07, 6.45) is -4.54. The van der Waals surface area contributed by atoms with E-state index < -0.39 is 41.9 Å². The summed E-state index contributed by atoms with van der Waals surface area (Å²) in [6, 6.07) is 9.27. The zero-order valence-corrected chi connectivity index (χ0v) is 14.9. The Balaban J connectivity index is 1.62. The molecule has 3 rings (SSSR count). The normalized spacial score (nSPS) is 11.2. The second-order valence-electron chi connectivity index (χ2n) is 5.99. The summed E-state index contributed by atoms with van der Waals surface area (Å²) in [5.41, 5.74) is -1.10. The maximum absolute atomic E-state index is 13.5. The molecule has 0 aliphatic carbocycles. The highest BCUT2D eigenvalue weighted by Crippen LogP contribution is 2.32. The van der Waals surface area contributed by atoms with Crippen LogP contribution in [0, 0.1) is 11.6 Å². The van der Waals surface area contributed by atoms with Crippen LogP contribution in [0.3, 0.4) is 0 Å². The summed E-state index contributed by atoms with van der Waals surface area (Å²) in [6.45, 7) is -0.796. The highest BCUT2D eigenvalue weighted by atomic mass is 19.4. The van der Waals surface area contributed by atoms with Gasteiger partial charge < -0.3 is 14.5 Å². The fraction of sp³-hybridized carbons (Fsp3) is 0.100. The fourth-order valence-corrected chi connectivity index (χ4v) is 2.43. The van der Waals surface area contributed by atoms with Gasteiger partial charge >= 0.3 is 12.1 Å². The maximum atomic E-state index is 13.5. The minimum absolute atomic E-state index is 0.00844. The van der Waals surface area contributed by atoms with Crippen molar-refractivity contribution < 1.29 is 40.7 Å². The molecule has 5 nitrogen and oxygen atoms in total. The lowest BCUT2D eigenvalue weighted by Gasteiger charge is -2.07. The van der Waals surface area contributed by atoms with Crippen molar-refractivity contribution in [2.75, 3.05) is 11.9 Å². The molecular formula is C20H12F5NO4. The number of alkyl halides is 3. The molecule has 3 aromatic rings. The fourth-order valence-electron chi connectivity index (χ4n) is 2.43. The van der Waals surface area contributed by atoms with Crippen LogP contribution >= 0.6 is 0 Å². The van der Waals surface area contributed by atoms with Crippen LogP contribution in [0.1, 0.15) is 16.1 Å². The lowest BCUT2D eigenvalue weighted by Crippen LogP contribution is -2.21.